The number of hydrogen-bond acceptors (Lipinski definition) is 6. The molecule has 0 heterocycles. The Balaban J connectivity index is 1.56. The number of rotatable bonds is 12. The molecule has 6 nitrogen and oxygen atoms in total. The highest BCUT2D eigenvalue weighted by Crippen LogP contribution is 2.38. The highest BCUT2D eigenvalue weighted by molar-refractivity contribution is 5.69. The van der Waals surface area contributed by atoms with E-state index in [1.165, 1.54) is 7.11 Å². The van der Waals surface area contributed by atoms with Gasteiger partial charge in [0.15, 0.2) is 0 Å². The van der Waals surface area contributed by atoms with Gasteiger partial charge >= 0.3 is 5.97 Å². The van der Waals surface area contributed by atoms with Gasteiger partial charge in [-0.05, 0) is 23.1 Å². The molecule has 1 saturated carbocycles. The molecule has 0 aliphatic heterocycles. The number of aliphatic hydroxyl groups is 1. The highest BCUT2D eigenvalue weighted by atomic mass is 16.6. The molecule has 1 aliphatic carbocycles. The largest absolute Gasteiger partial charge is 0.469 e. The van der Waals surface area contributed by atoms with Gasteiger partial charge in [-0.3, -0.25) is 4.79 Å². The van der Waals surface area contributed by atoms with Crippen molar-refractivity contribution in [3.8, 4) is 0 Å². The van der Waals surface area contributed by atoms with Crippen molar-refractivity contribution in [3.05, 3.63) is 108 Å². The zero-order chi connectivity index (χ0) is 25.2. The van der Waals surface area contributed by atoms with E-state index in [0.29, 0.717) is 26.2 Å². The lowest BCUT2D eigenvalue weighted by Gasteiger charge is -2.27. The molecule has 0 radical (unpaired) electrons. The molecule has 1 N–H and O–H groups in total. The van der Waals surface area contributed by atoms with Crippen molar-refractivity contribution in [2.24, 2.45) is 5.92 Å². The molecule has 1 fully saturated rings. The Hall–Kier alpha value is -3.03. The van der Waals surface area contributed by atoms with Crippen LogP contribution in [0.3, 0.4) is 0 Å². The third kappa shape index (κ3) is 7.02. The smallest absolute Gasteiger partial charge is 0.305 e. The van der Waals surface area contributed by atoms with Gasteiger partial charge in [-0.25, -0.2) is 0 Å². The summed E-state index contributed by atoms with van der Waals surface area (Å²) in [4.78, 5) is 11.9. The van der Waals surface area contributed by atoms with Gasteiger partial charge in [-0.2, -0.15) is 0 Å². The monoisotopic (exact) mass is 490 g/mol. The van der Waals surface area contributed by atoms with Gasteiger partial charge in [-0.15, -0.1) is 0 Å². The third-order valence-corrected chi connectivity index (χ3v) is 6.61. The molecule has 3 aromatic carbocycles. The molecule has 0 aromatic heterocycles. The maximum Gasteiger partial charge on any atom is 0.305 e. The van der Waals surface area contributed by atoms with E-state index in [2.05, 4.69) is 0 Å². The van der Waals surface area contributed by atoms with Crippen LogP contribution in [0.4, 0.5) is 0 Å². The Labute approximate surface area is 212 Å². The van der Waals surface area contributed by atoms with Crippen LogP contribution in [-0.4, -0.2) is 42.6 Å². The van der Waals surface area contributed by atoms with Crippen molar-refractivity contribution < 1.29 is 28.8 Å². The van der Waals surface area contributed by atoms with Crippen LogP contribution in [0.2, 0.25) is 0 Å². The van der Waals surface area contributed by atoms with Crippen molar-refractivity contribution in [2.75, 3.05) is 7.11 Å². The molecule has 5 atom stereocenters. The standard InChI is InChI=1S/C30H34O6/c1-33-26(31)18-17-25-27(32)29(35-20-23-13-7-3-8-14-23)30(36-21-24-15-9-4-10-16-24)28(25)34-19-22-11-5-2-6-12-22/h2-16,25,27-30,32H,17-21H2,1H3/t25-,27-,28+,29-,30-/m0/s1. The lowest BCUT2D eigenvalue weighted by Crippen LogP contribution is -2.38. The lowest BCUT2D eigenvalue weighted by molar-refractivity contribution is -0.142. The molecule has 6 heteroatoms. The van der Waals surface area contributed by atoms with Crippen LogP contribution >= 0.6 is 0 Å². The fourth-order valence-electron chi connectivity index (χ4n) is 4.69. The van der Waals surface area contributed by atoms with Gasteiger partial charge in [-0.1, -0.05) is 91.0 Å². The maximum atomic E-state index is 11.9. The lowest BCUT2D eigenvalue weighted by atomic mass is 9.97. The van der Waals surface area contributed by atoms with E-state index in [0.717, 1.165) is 16.7 Å². The molecule has 0 unspecified atom stereocenters. The third-order valence-electron chi connectivity index (χ3n) is 6.61. The quantitative estimate of drug-likeness (QED) is 0.372. The van der Waals surface area contributed by atoms with Gasteiger partial charge in [0.05, 0.1) is 39.1 Å². The highest BCUT2D eigenvalue weighted by Gasteiger charge is 2.52. The summed E-state index contributed by atoms with van der Waals surface area (Å²) in [6.07, 6.45) is -1.87. The van der Waals surface area contributed by atoms with Crippen LogP contribution < -0.4 is 0 Å². The average molecular weight is 491 g/mol. The van der Waals surface area contributed by atoms with Crippen LogP contribution in [0.1, 0.15) is 29.5 Å². The second kappa shape index (κ2) is 13.3. The van der Waals surface area contributed by atoms with E-state index in [1.54, 1.807) is 0 Å². The summed E-state index contributed by atoms with van der Waals surface area (Å²) >= 11 is 0. The van der Waals surface area contributed by atoms with Crippen molar-refractivity contribution in [1.29, 1.82) is 0 Å². The van der Waals surface area contributed by atoms with E-state index in [-0.39, 0.29) is 18.3 Å². The topological polar surface area (TPSA) is 74.2 Å². The summed E-state index contributed by atoms with van der Waals surface area (Å²) in [7, 11) is 1.37. The number of methoxy groups -OCH3 is 1. The minimum absolute atomic E-state index is 0.181. The summed E-state index contributed by atoms with van der Waals surface area (Å²) in [6, 6.07) is 29.6. The van der Waals surface area contributed by atoms with Crippen molar-refractivity contribution >= 4 is 5.97 Å². The van der Waals surface area contributed by atoms with Gasteiger partial charge < -0.3 is 24.1 Å². The predicted molar refractivity (Wildman–Crippen MR) is 136 cm³/mol. The fourth-order valence-corrected chi connectivity index (χ4v) is 4.69. The Kier molecular flexibility index (Phi) is 9.64. The van der Waals surface area contributed by atoms with E-state index in [4.69, 9.17) is 18.9 Å². The minimum Gasteiger partial charge on any atom is -0.469 e. The molecule has 0 amide bonds. The molecular formula is C30H34O6. The molecule has 3 aromatic rings. The van der Waals surface area contributed by atoms with Gasteiger partial charge in [0.25, 0.3) is 0 Å². The van der Waals surface area contributed by atoms with Gasteiger partial charge in [0.2, 0.25) is 0 Å². The number of ether oxygens (including phenoxy) is 4. The molecule has 1 aliphatic rings. The van der Waals surface area contributed by atoms with E-state index in [1.807, 2.05) is 91.0 Å². The van der Waals surface area contributed by atoms with Gasteiger partial charge in [0, 0.05) is 12.3 Å². The predicted octanol–water partition coefficient (Wildman–Crippen LogP) is 4.69. The number of hydrogen-bond donors (Lipinski definition) is 1. The van der Waals surface area contributed by atoms with Crippen LogP contribution in [0.15, 0.2) is 91.0 Å². The van der Waals surface area contributed by atoms with E-state index < -0.39 is 24.4 Å². The molecule has 0 saturated heterocycles. The summed E-state index contributed by atoms with van der Waals surface area (Å²) in [6.45, 7) is 1.06. The Morgan fingerprint density at radius 2 is 1.08 bits per heavy atom. The summed E-state index contributed by atoms with van der Waals surface area (Å²) in [5.74, 6) is -0.672. The number of aliphatic hydroxyl groups excluding tert-OH is 1. The molecule has 36 heavy (non-hydrogen) atoms. The van der Waals surface area contributed by atoms with E-state index >= 15 is 0 Å². The Bertz CT molecular complexity index is 1040. The first-order valence-electron chi connectivity index (χ1n) is 12.4. The average Bonchev–Trinajstić information content (AvgIpc) is 3.19. The number of carbonyl (C=O) groups excluding carboxylic acids is 1. The number of esters is 1. The van der Waals surface area contributed by atoms with Gasteiger partial charge in [0.1, 0.15) is 12.2 Å². The first kappa shape index (κ1) is 26.0. The molecule has 190 valence electrons. The normalized spacial score (nSPS) is 23.4. The zero-order valence-electron chi connectivity index (χ0n) is 20.6. The van der Waals surface area contributed by atoms with Crippen LogP contribution in [0, 0.1) is 5.92 Å². The van der Waals surface area contributed by atoms with Crippen molar-refractivity contribution in [1.82, 2.24) is 0 Å². The molecule has 0 bridgehead atoms. The van der Waals surface area contributed by atoms with Crippen LogP contribution in [0.5, 0.6) is 0 Å². The van der Waals surface area contributed by atoms with Crippen LogP contribution in [0.25, 0.3) is 0 Å². The van der Waals surface area contributed by atoms with Crippen LogP contribution in [-0.2, 0) is 43.6 Å². The second-order valence-electron chi connectivity index (χ2n) is 9.05. The fraction of sp³-hybridized carbons (Fsp3) is 0.367. The first-order valence-corrected chi connectivity index (χ1v) is 12.4. The summed E-state index contributed by atoms with van der Waals surface area (Å²) < 4.78 is 23.9. The first-order chi connectivity index (χ1) is 17.7. The van der Waals surface area contributed by atoms with E-state index in [9.17, 15) is 9.90 Å². The van der Waals surface area contributed by atoms with Crippen molar-refractivity contribution in [3.63, 3.8) is 0 Å². The Morgan fingerprint density at radius 1 is 0.667 bits per heavy atom. The molecule has 0 spiro atoms. The minimum atomic E-state index is -0.861. The number of benzene rings is 3. The zero-order valence-corrected chi connectivity index (χ0v) is 20.6. The second-order valence-corrected chi connectivity index (χ2v) is 9.05. The summed E-state index contributed by atoms with van der Waals surface area (Å²) in [5.41, 5.74) is 3.05. The maximum absolute atomic E-state index is 11.9. The molecule has 4 rings (SSSR count). The Morgan fingerprint density at radius 3 is 1.53 bits per heavy atom. The number of carbonyl (C=O) groups is 1. The van der Waals surface area contributed by atoms with Crippen molar-refractivity contribution in [2.45, 2.75) is 57.1 Å². The SMILES string of the molecule is COC(=O)CC[C@H]1[C@H](O)[C@H](OCc2ccccc2)[C@@H](OCc2ccccc2)[C@@H]1OCc1ccccc1. The summed E-state index contributed by atoms with van der Waals surface area (Å²) in [5, 5.41) is 11.4. The molecular weight excluding hydrogens is 456 g/mol.